The minimum absolute atomic E-state index is 0.0223. The molecular weight excluding hydrogens is 349 g/mol. The number of pyridine rings is 1. The highest BCUT2D eigenvalue weighted by Crippen LogP contribution is 2.39. The second kappa shape index (κ2) is 7.38. The van der Waals surface area contributed by atoms with Gasteiger partial charge in [-0.15, -0.1) is 0 Å². The number of amides is 1. The van der Waals surface area contributed by atoms with Gasteiger partial charge in [0.1, 0.15) is 5.75 Å². The highest BCUT2D eigenvalue weighted by molar-refractivity contribution is 6.42. The lowest BCUT2D eigenvalue weighted by molar-refractivity contribution is -0.123. The van der Waals surface area contributed by atoms with Crippen molar-refractivity contribution in [3.8, 4) is 5.75 Å². The summed E-state index contributed by atoms with van der Waals surface area (Å²) in [6, 6.07) is 5.67. The Labute approximate surface area is 150 Å². The number of carbonyl (C=O) groups excluding carboxylic acids is 1. The molecule has 1 amide bonds. The summed E-state index contributed by atoms with van der Waals surface area (Å²) in [5, 5.41) is 17.0. The van der Waals surface area contributed by atoms with Crippen LogP contribution in [0.3, 0.4) is 0 Å². The average molecular weight is 366 g/mol. The molecule has 0 unspecified atom stereocenters. The summed E-state index contributed by atoms with van der Waals surface area (Å²) in [6.07, 6.45) is 4.99. The number of phenolic OH excluding ortho intramolecular Hbond substituents is 1. The third-order valence-corrected chi connectivity index (χ3v) is 4.92. The Morgan fingerprint density at radius 2 is 2.04 bits per heavy atom. The second-order valence-electron chi connectivity index (χ2n) is 5.67. The molecule has 0 aliphatic carbocycles. The van der Waals surface area contributed by atoms with Gasteiger partial charge in [0.2, 0.25) is 5.91 Å². The number of rotatable bonds is 4. The van der Waals surface area contributed by atoms with Crippen molar-refractivity contribution in [1.29, 1.82) is 0 Å². The van der Waals surface area contributed by atoms with E-state index in [4.69, 9.17) is 23.2 Å². The van der Waals surface area contributed by atoms with Crippen LogP contribution in [0, 0.1) is 0 Å². The lowest BCUT2D eigenvalue weighted by atomic mass is 9.98. The van der Waals surface area contributed by atoms with Crippen molar-refractivity contribution in [2.75, 3.05) is 6.54 Å². The van der Waals surface area contributed by atoms with E-state index >= 15 is 0 Å². The third-order valence-electron chi connectivity index (χ3n) is 4.10. The maximum absolute atomic E-state index is 12.6. The number of phenols is 1. The van der Waals surface area contributed by atoms with Crippen molar-refractivity contribution in [2.24, 2.45) is 0 Å². The number of carbonyl (C=O) groups is 1. The molecule has 1 aromatic heterocycles. The van der Waals surface area contributed by atoms with E-state index in [1.54, 1.807) is 24.5 Å². The maximum Gasteiger partial charge on any atom is 0.237 e. The lowest BCUT2D eigenvalue weighted by Gasteiger charge is -2.24. The van der Waals surface area contributed by atoms with E-state index in [9.17, 15) is 9.90 Å². The van der Waals surface area contributed by atoms with Crippen molar-refractivity contribution < 1.29 is 9.90 Å². The van der Waals surface area contributed by atoms with Crippen LogP contribution in [0.1, 0.15) is 30.0 Å². The lowest BCUT2D eigenvalue weighted by Crippen LogP contribution is -2.42. The molecule has 5 nitrogen and oxygen atoms in total. The van der Waals surface area contributed by atoms with E-state index in [2.05, 4.69) is 15.6 Å². The zero-order chi connectivity index (χ0) is 17.1. The van der Waals surface area contributed by atoms with Crippen LogP contribution >= 0.6 is 23.2 Å². The largest absolute Gasteiger partial charge is 0.508 e. The average Bonchev–Trinajstić information content (AvgIpc) is 3.13. The number of nitrogens with zero attached hydrogens (tertiary/aromatic N) is 1. The minimum Gasteiger partial charge on any atom is -0.508 e. The predicted molar refractivity (Wildman–Crippen MR) is 93.4 cm³/mol. The van der Waals surface area contributed by atoms with Crippen molar-refractivity contribution in [3.63, 3.8) is 0 Å². The summed E-state index contributed by atoms with van der Waals surface area (Å²) in [4.78, 5) is 16.6. The smallest absolute Gasteiger partial charge is 0.237 e. The van der Waals surface area contributed by atoms with Crippen LogP contribution in [0.2, 0.25) is 10.0 Å². The van der Waals surface area contributed by atoms with Gasteiger partial charge in [-0.05, 0) is 49.2 Å². The van der Waals surface area contributed by atoms with Crippen LogP contribution in [-0.4, -0.2) is 28.6 Å². The van der Waals surface area contributed by atoms with Gasteiger partial charge in [0, 0.05) is 18.0 Å². The van der Waals surface area contributed by atoms with Crippen LogP contribution in [0.25, 0.3) is 0 Å². The molecular formula is C17H17Cl2N3O2. The van der Waals surface area contributed by atoms with Crippen molar-refractivity contribution >= 4 is 29.1 Å². The van der Waals surface area contributed by atoms with Crippen LogP contribution < -0.4 is 10.6 Å². The molecule has 0 radical (unpaired) electrons. The molecule has 3 N–H and O–H groups in total. The molecule has 0 saturated carbocycles. The summed E-state index contributed by atoms with van der Waals surface area (Å²) < 4.78 is 0. The molecule has 0 spiro atoms. The zero-order valence-corrected chi connectivity index (χ0v) is 14.3. The van der Waals surface area contributed by atoms with Gasteiger partial charge in [0.05, 0.1) is 22.1 Å². The molecule has 3 rings (SSSR count). The summed E-state index contributed by atoms with van der Waals surface area (Å²) in [6.45, 7) is 0.821. The van der Waals surface area contributed by atoms with Crippen molar-refractivity contribution in [2.45, 2.75) is 24.9 Å². The molecule has 1 aliphatic rings. The number of nitrogens with one attached hydrogen (secondary N) is 2. The molecule has 2 atom stereocenters. The summed E-state index contributed by atoms with van der Waals surface area (Å²) >= 11 is 12.4. The molecule has 1 saturated heterocycles. The summed E-state index contributed by atoms with van der Waals surface area (Å²) in [5.74, 6) is -0.157. The Kier molecular flexibility index (Phi) is 5.23. The molecule has 1 aliphatic heterocycles. The minimum atomic E-state index is -0.617. The van der Waals surface area contributed by atoms with E-state index in [0.29, 0.717) is 10.6 Å². The number of aromatic nitrogens is 1. The SMILES string of the molecule is O=C(N[C@@H](c1ccncc1)c1c(O)ccc(Cl)c1Cl)[C@H]1CCCN1. The third kappa shape index (κ3) is 3.48. The quantitative estimate of drug-likeness (QED) is 0.778. The van der Waals surface area contributed by atoms with E-state index in [0.717, 1.165) is 24.9 Å². The van der Waals surface area contributed by atoms with Gasteiger partial charge in [-0.25, -0.2) is 0 Å². The zero-order valence-electron chi connectivity index (χ0n) is 12.8. The second-order valence-corrected chi connectivity index (χ2v) is 6.45. The molecule has 7 heteroatoms. The Hall–Kier alpha value is -1.82. The molecule has 0 bridgehead atoms. The highest BCUT2D eigenvalue weighted by atomic mass is 35.5. The number of hydrogen-bond donors (Lipinski definition) is 3. The number of hydrogen-bond acceptors (Lipinski definition) is 4. The van der Waals surface area contributed by atoms with Crippen LogP contribution in [0.4, 0.5) is 0 Å². The predicted octanol–water partition coefficient (Wildman–Crippen LogP) is 3.05. The van der Waals surface area contributed by atoms with Gasteiger partial charge in [-0.2, -0.15) is 0 Å². The highest BCUT2D eigenvalue weighted by Gasteiger charge is 2.28. The summed E-state index contributed by atoms with van der Waals surface area (Å²) in [5.41, 5.74) is 1.14. The first kappa shape index (κ1) is 17.0. The topological polar surface area (TPSA) is 74.2 Å². The van der Waals surface area contributed by atoms with Crippen LogP contribution in [0.5, 0.6) is 5.75 Å². The van der Waals surface area contributed by atoms with Crippen molar-refractivity contribution in [3.05, 3.63) is 57.8 Å². The van der Waals surface area contributed by atoms with Crippen LogP contribution in [0.15, 0.2) is 36.7 Å². The van der Waals surface area contributed by atoms with Crippen LogP contribution in [-0.2, 0) is 4.79 Å². The first-order valence-corrected chi connectivity index (χ1v) is 8.44. The maximum atomic E-state index is 12.6. The normalized spacial score (nSPS) is 18.3. The van der Waals surface area contributed by atoms with Gasteiger partial charge in [0.15, 0.2) is 0 Å². The van der Waals surface area contributed by atoms with Gasteiger partial charge in [-0.1, -0.05) is 23.2 Å². The fourth-order valence-corrected chi connectivity index (χ4v) is 3.29. The van der Waals surface area contributed by atoms with Gasteiger partial charge >= 0.3 is 0 Å². The van der Waals surface area contributed by atoms with E-state index in [1.165, 1.54) is 12.1 Å². The monoisotopic (exact) mass is 365 g/mol. The molecule has 2 heterocycles. The van der Waals surface area contributed by atoms with E-state index < -0.39 is 6.04 Å². The van der Waals surface area contributed by atoms with Gasteiger partial charge < -0.3 is 15.7 Å². The number of halogens is 2. The Balaban J connectivity index is 2.00. The molecule has 1 fully saturated rings. The molecule has 24 heavy (non-hydrogen) atoms. The van der Waals surface area contributed by atoms with E-state index in [1.807, 2.05) is 0 Å². The fraction of sp³-hybridized carbons (Fsp3) is 0.294. The first-order chi connectivity index (χ1) is 11.6. The standard InChI is InChI=1S/C17H17Cl2N3O2/c18-11-3-4-13(23)14(15(11)19)16(10-5-8-20-9-6-10)22-17(24)12-2-1-7-21-12/h3-6,8-9,12,16,21,23H,1-2,7H2,(H,22,24)/t12-,16+/m1/s1. The Morgan fingerprint density at radius 3 is 2.71 bits per heavy atom. The van der Waals surface area contributed by atoms with E-state index in [-0.39, 0.29) is 22.7 Å². The molecule has 1 aromatic carbocycles. The Bertz CT molecular complexity index is 734. The number of aromatic hydroxyl groups is 1. The molecule has 2 aromatic rings. The molecule has 126 valence electrons. The van der Waals surface area contributed by atoms with Gasteiger partial charge in [-0.3, -0.25) is 9.78 Å². The number of benzene rings is 1. The summed E-state index contributed by atoms with van der Waals surface area (Å²) in [7, 11) is 0. The van der Waals surface area contributed by atoms with Crippen molar-refractivity contribution in [1.82, 2.24) is 15.6 Å². The fourth-order valence-electron chi connectivity index (χ4n) is 2.86. The first-order valence-electron chi connectivity index (χ1n) is 7.68. The Morgan fingerprint density at radius 1 is 1.29 bits per heavy atom. The van der Waals surface area contributed by atoms with Gasteiger partial charge in [0.25, 0.3) is 0 Å².